The van der Waals surface area contributed by atoms with Gasteiger partial charge in [-0.05, 0) is 34.7 Å². The largest absolute Gasteiger partial charge is 0.461 e. The molecule has 84 valence electrons. The summed E-state index contributed by atoms with van der Waals surface area (Å²) in [5.41, 5.74) is 0. The molecule has 0 amide bonds. The number of hydrogen-bond donors (Lipinski definition) is 0. The van der Waals surface area contributed by atoms with Crippen molar-refractivity contribution in [1.29, 1.82) is 0 Å². The van der Waals surface area contributed by atoms with Gasteiger partial charge in [-0.15, -0.1) is 0 Å². The van der Waals surface area contributed by atoms with Crippen LogP contribution in [0.25, 0.3) is 0 Å². The van der Waals surface area contributed by atoms with Crippen LogP contribution in [-0.4, -0.2) is 12.6 Å². The standard InChI is InChI=1S/C11H14Br2O2/c12-9-8(6-15-11(14)10(9)13)7-4-2-1-3-5-7/h7-8H,1-6H2/t8-/m1/s1. The molecule has 1 heterocycles. The van der Waals surface area contributed by atoms with Crippen LogP contribution < -0.4 is 0 Å². The van der Waals surface area contributed by atoms with Gasteiger partial charge < -0.3 is 4.74 Å². The number of halogens is 2. The van der Waals surface area contributed by atoms with Gasteiger partial charge >= 0.3 is 5.97 Å². The van der Waals surface area contributed by atoms with Crippen LogP contribution in [0.15, 0.2) is 8.96 Å². The van der Waals surface area contributed by atoms with E-state index in [0.717, 1.165) is 4.48 Å². The Morgan fingerprint density at radius 2 is 1.80 bits per heavy atom. The molecule has 0 radical (unpaired) electrons. The quantitative estimate of drug-likeness (QED) is 0.681. The number of carbonyl (C=O) groups excluding carboxylic acids is 1. The molecule has 0 unspecified atom stereocenters. The molecule has 0 aromatic carbocycles. The number of esters is 1. The maximum absolute atomic E-state index is 11.3. The Hall–Kier alpha value is 0.170. The van der Waals surface area contributed by atoms with Gasteiger partial charge in [-0.25, -0.2) is 4.79 Å². The summed E-state index contributed by atoms with van der Waals surface area (Å²) in [6, 6.07) is 0. The van der Waals surface area contributed by atoms with E-state index < -0.39 is 0 Å². The van der Waals surface area contributed by atoms with Crippen LogP contribution in [0, 0.1) is 11.8 Å². The van der Waals surface area contributed by atoms with Crippen LogP contribution in [0.1, 0.15) is 32.1 Å². The molecule has 2 aliphatic rings. The van der Waals surface area contributed by atoms with Gasteiger partial charge in [-0.1, -0.05) is 35.2 Å². The van der Waals surface area contributed by atoms with Crippen molar-refractivity contribution in [2.45, 2.75) is 32.1 Å². The fraction of sp³-hybridized carbons (Fsp3) is 0.727. The van der Waals surface area contributed by atoms with Crippen molar-refractivity contribution in [3.63, 3.8) is 0 Å². The number of ether oxygens (including phenoxy) is 1. The minimum atomic E-state index is -0.242. The Bertz CT molecular complexity index is 293. The lowest BCUT2D eigenvalue weighted by Gasteiger charge is -2.32. The van der Waals surface area contributed by atoms with E-state index in [2.05, 4.69) is 31.9 Å². The molecule has 1 fully saturated rings. The highest BCUT2D eigenvalue weighted by molar-refractivity contribution is 9.14. The molecule has 0 N–H and O–H groups in total. The molecule has 2 rings (SSSR count). The lowest BCUT2D eigenvalue weighted by atomic mass is 9.80. The van der Waals surface area contributed by atoms with Gasteiger partial charge in [-0.2, -0.15) is 0 Å². The lowest BCUT2D eigenvalue weighted by molar-refractivity contribution is -0.141. The van der Waals surface area contributed by atoms with Crippen molar-refractivity contribution in [3.8, 4) is 0 Å². The third kappa shape index (κ3) is 2.47. The van der Waals surface area contributed by atoms with E-state index >= 15 is 0 Å². The molecular formula is C11H14Br2O2. The van der Waals surface area contributed by atoms with Crippen LogP contribution in [0.5, 0.6) is 0 Å². The smallest absolute Gasteiger partial charge is 0.346 e. The number of cyclic esters (lactones) is 1. The van der Waals surface area contributed by atoms with Gasteiger partial charge in [0, 0.05) is 10.4 Å². The van der Waals surface area contributed by atoms with Crippen molar-refractivity contribution < 1.29 is 9.53 Å². The first-order chi connectivity index (χ1) is 7.20. The molecule has 0 bridgehead atoms. The number of rotatable bonds is 1. The van der Waals surface area contributed by atoms with E-state index in [4.69, 9.17) is 4.74 Å². The lowest BCUT2D eigenvalue weighted by Crippen LogP contribution is -2.29. The topological polar surface area (TPSA) is 26.3 Å². The summed E-state index contributed by atoms with van der Waals surface area (Å²) in [5, 5.41) is 0. The Kier molecular flexibility index (Phi) is 3.88. The molecular weight excluding hydrogens is 324 g/mol. The second kappa shape index (κ2) is 5.00. The van der Waals surface area contributed by atoms with E-state index in [-0.39, 0.29) is 5.97 Å². The second-order valence-corrected chi connectivity index (χ2v) is 5.91. The molecule has 4 heteroatoms. The van der Waals surface area contributed by atoms with Crippen molar-refractivity contribution >= 4 is 37.8 Å². The molecule has 0 aromatic heterocycles. The zero-order chi connectivity index (χ0) is 10.8. The predicted octanol–water partition coefficient (Wildman–Crippen LogP) is 3.74. The first-order valence-corrected chi connectivity index (χ1v) is 7.01. The summed E-state index contributed by atoms with van der Waals surface area (Å²) in [5.74, 6) is 0.806. The van der Waals surface area contributed by atoms with Gasteiger partial charge in [0.15, 0.2) is 0 Å². The third-order valence-electron chi connectivity index (χ3n) is 3.33. The zero-order valence-corrected chi connectivity index (χ0v) is 11.6. The first-order valence-electron chi connectivity index (χ1n) is 5.42. The SMILES string of the molecule is O=C1OC[C@H](C2CCCCC2)C(Br)=C1Br. The monoisotopic (exact) mass is 336 g/mol. The summed E-state index contributed by atoms with van der Waals surface area (Å²) in [6.45, 7) is 0.541. The molecule has 1 aliphatic carbocycles. The average Bonchev–Trinajstić information content (AvgIpc) is 2.27. The minimum Gasteiger partial charge on any atom is -0.461 e. The van der Waals surface area contributed by atoms with Gasteiger partial charge in [0.1, 0.15) is 4.48 Å². The summed E-state index contributed by atoms with van der Waals surface area (Å²) in [4.78, 5) is 11.3. The number of carbonyl (C=O) groups is 1. The van der Waals surface area contributed by atoms with Crippen molar-refractivity contribution in [2.24, 2.45) is 11.8 Å². The normalized spacial score (nSPS) is 29.2. The van der Waals surface area contributed by atoms with E-state index in [1.54, 1.807) is 0 Å². The molecule has 1 atom stereocenters. The highest BCUT2D eigenvalue weighted by Gasteiger charge is 2.33. The van der Waals surface area contributed by atoms with Crippen molar-refractivity contribution in [3.05, 3.63) is 8.96 Å². The van der Waals surface area contributed by atoms with E-state index in [0.29, 0.717) is 22.9 Å². The van der Waals surface area contributed by atoms with Gasteiger partial charge in [0.2, 0.25) is 0 Å². The van der Waals surface area contributed by atoms with Gasteiger partial charge in [0.25, 0.3) is 0 Å². The predicted molar refractivity (Wildman–Crippen MR) is 65.9 cm³/mol. The van der Waals surface area contributed by atoms with Gasteiger partial charge in [-0.3, -0.25) is 0 Å². The maximum Gasteiger partial charge on any atom is 0.346 e. The molecule has 0 saturated heterocycles. The van der Waals surface area contributed by atoms with Crippen LogP contribution >= 0.6 is 31.9 Å². The molecule has 1 saturated carbocycles. The molecule has 1 aliphatic heterocycles. The van der Waals surface area contributed by atoms with E-state index in [1.165, 1.54) is 32.1 Å². The highest BCUT2D eigenvalue weighted by Crippen LogP contribution is 2.41. The average molecular weight is 338 g/mol. The van der Waals surface area contributed by atoms with E-state index in [1.807, 2.05) is 0 Å². The fourth-order valence-corrected chi connectivity index (χ4v) is 3.52. The summed E-state index contributed by atoms with van der Waals surface area (Å²) in [6.07, 6.45) is 6.50. The molecule has 0 aromatic rings. The first kappa shape index (κ1) is 11.6. The van der Waals surface area contributed by atoms with Gasteiger partial charge in [0.05, 0.1) is 6.61 Å². The van der Waals surface area contributed by atoms with Crippen LogP contribution in [0.3, 0.4) is 0 Å². The minimum absolute atomic E-state index is 0.242. The molecule has 2 nitrogen and oxygen atoms in total. The van der Waals surface area contributed by atoms with Crippen LogP contribution in [0.2, 0.25) is 0 Å². The Morgan fingerprint density at radius 3 is 2.47 bits per heavy atom. The van der Waals surface area contributed by atoms with E-state index in [9.17, 15) is 4.79 Å². The highest BCUT2D eigenvalue weighted by atomic mass is 79.9. The zero-order valence-electron chi connectivity index (χ0n) is 8.47. The fourth-order valence-electron chi connectivity index (χ4n) is 2.44. The Balaban J connectivity index is 2.12. The van der Waals surface area contributed by atoms with Crippen LogP contribution in [0.4, 0.5) is 0 Å². The number of hydrogen-bond acceptors (Lipinski definition) is 2. The summed E-state index contributed by atoms with van der Waals surface area (Å²) >= 11 is 6.81. The molecule has 15 heavy (non-hydrogen) atoms. The van der Waals surface area contributed by atoms with Crippen LogP contribution in [-0.2, 0) is 9.53 Å². The third-order valence-corrected chi connectivity index (χ3v) is 5.59. The Morgan fingerprint density at radius 1 is 1.13 bits per heavy atom. The molecule has 0 spiro atoms. The summed E-state index contributed by atoms with van der Waals surface area (Å²) < 4.78 is 6.73. The van der Waals surface area contributed by atoms with Crippen molar-refractivity contribution in [2.75, 3.05) is 6.61 Å². The Labute approximate surface area is 107 Å². The van der Waals surface area contributed by atoms with Crippen molar-refractivity contribution in [1.82, 2.24) is 0 Å². The summed E-state index contributed by atoms with van der Waals surface area (Å²) in [7, 11) is 0. The maximum atomic E-state index is 11.3. The second-order valence-electron chi connectivity index (χ2n) is 4.26.